The highest BCUT2D eigenvalue weighted by Crippen LogP contribution is 2.32. The lowest BCUT2D eigenvalue weighted by atomic mass is 9.79. The van der Waals surface area contributed by atoms with Crippen molar-refractivity contribution in [3.63, 3.8) is 0 Å². The molecule has 5 heteroatoms. The van der Waals surface area contributed by atoms with Gasteiger partial charge < -0.3 is 5.32 Å². The van der Waals surface area contributed by atoms with Crippen LogP contribution in [0.1, 0.15) is 19.8 Å². The van der Waals surface area contributed by atoms with Crippen molar-refractivity contribution in [2.75, 3.05) is 13.1 Å². The molecule has 3 aliphatic heterocycles. The second kappa shape index (κ2) is 6.26. The molecule has 4 nitrogen and oxygen atoms in total. The van der Waals surface area contributed by atoms with Gasteiger partial charge in [0.25, 0.3) is 0 Å². The molecular weight excluding hydrogens is 322 g/mol. The van der Waals surface area contributed by atoms with Gasteiger partial charge in [-0.25, -0.2) is 4.79 Å². The van der Waals surface area contributed by atoms with Gasteiger partial charge in [0.05, 0.1) is 0 Å². The highest BCUT2D eigenvalue weighted by molar-refractivity contribution is 6.30. The molecule has 3 aliphatic rings. The molecule has 3 saturated heterocycles. The summed E-state index contributed by atoms with van der Waals surface area (Å²) in [6.07, 6.45) is 6.09. The third-order valence-electron chi connectivity index (χ3n) is 5.57. The zero-order chi connectivity index (χ0) is 16.7. The van der Waals surface area contributed by atoms with Gasteiger partial charge in [0.1, 0.15) is 0 Å². The molecule has 2 bridgehead atoms. The molecule has 24 heavy (non-hydrogen) atoms. The molecule has 1 amide bonds. The van der Waals surface area contributed by atoms with Gasteiger partial charge in [0.2, 0.25) is 0 Å². The second-order valence-corrected chi connectivity index (χ2v) is 7.34. The van der Waals surface area contributed by atoms with Crippen molar-refractivity contribution in [2.24, 2.45) is 5.92 Å². The number of fused-ring (bicyclic) bond motifs is 3. The molecule has 3 fully saturated rings. The Morgan fingerprint density at radius 1 is 1.12 bits per heavy atom. The average molecular weight is 344 g/mol. The first-order valence-corrected chi connectivity index (χ1v) is 8.98. The molecule has 2 aromatic rings. The normalized spacial score (nSPS) is 28.8. The number of halogens is 1. The van der Waals surface area contributed by atoms with Gasteiger partial charge in [-0.2, -0.15) is 0 Å². The lowest BCUT2D eigenvalue weighted by Gasteiger charge is -2.49. The Bertz CT molecular complexity index is 729. The molecule has 0 aliphatic carbocycles. The van der Waals surface area contributed by atoms with E-state index in [-0.39, 0.29) is 12.1 Å². The standard InChI is InChI=1S/C19H22ClN3O/c1-13-18(15-6-9-22(13)10-7-15)21-19(24)23-11-8-16(12-23)14-2-4-17(20)5-3-14/h2-5,8,11-13,15,18H,6-7,9-10H2,1H3,(H,21,24)/t13-,18-/m0/s1. The maximum absolute atomic E-state index is 12.6. The molecule has 5 rings (SSSR count). The zero-order valence-electron chi connectivity index (χ0n) is 13.8. The second-order valence-electron chi connectivity index (χ2n) is 6.90. The third kappa shape index (κ3) is 2.85. The summed E-state index contributed by atoms with van der Waals surface area (Å²) >= 11 is 5.93. The van der Waals surface area contributed by atoms with E-state index >= 15 is 0 Å². The monoisotopic (exact) mass is 343 g/mol. The van der Waals surface area contributed by atoms with Crippen molar-refractivity contribution in [1.29, 1.82) is 0 Å². The minimum atomic E-state index is -0.0409. The fourth-order valence-electron chi connectivity index (χ4n) is 4.10. The maximum atomic E-state index is 12.6. The van der Waals surface area contributed by atoms with E-state index in [1.807, 2.05) is 42.7 Å². The number of hydrogen-bond donors (Lipinski definition) is 1. The van der Waals surface area contributed by atoms with Crippen LogP contribution in [0.4, 0.5) is 4.79 Å². The molecule has 0 spiro atoms. The number of carbonyl (C=O) groups is 1. The van der Waals surface area contributed by atoms with E-state index in [0.717, 1.165) is 11.1 Å². The van der Waals surface area contributed by atoms with Gasteiger partial charge in [0.15, 0.2) is 0 Å². The van der Waals surface area contributed by atoms with Crippen LogP contribution in [-0.2, 0) is 0 Å². The summed E-state index contributed by atoms with van der Waals surface area (Å²) in [4.78, 5) is 15.1. The lowest BCUT2D eigenvalue weighted by molar-refractivity contribution is 0.0267. The Balaban J connectivity index is 1.48. The summed E-state index contributed by atoms with van der Waals surface area (Å²) in [7, 11) is 0. The van der Waals surface area contributed by atoms with Crippen LogP contribution in [0, 0.1) is 5.92 Å². The number of carbonyl (C=O) groups excluding carboxylic acids is 1. The van der Waals surface area contributed by atoms with Gasteiger partial charge in [-0.15, -0.1) is 0 Å². The SMILES string of the molecule is C[C@H]1[C@H](NC(=O)n2ccc(-c3ccc(Cl)cc3)c2)C2CCN1CC2. The lowest BCUT2D eigenvalue weighted by Crippen LogP contribution is -2.62. The minimum absolute atomic E-state index is 0.0409. The first kappa shape index (κ1) is 15.7. The van der Waals surface area contributed by atoms with E-state index in [1.54, 1.807) is 4.57 Å². The molecule has 0 saturated carbocycles. The number of piperidine rings is 3. The van der Waals surface area contributed by atoms with E-state index in [4.69, 9.17) is 11.6 Å². The Morgan fingerprint density at radius 2 is 1.83 bits per heavy atom. The molecule has 0 radical (unpaired) electrons. The van der Waals surface area contributed by atoms with Crippen molar-refractivity contribution in [1.82, 2.24) is 14.8 Å². The number of nitrogens with one attached hydrogen (secondary N) is 1. The number of nitrogens with zero attached hydrogens (tertiary/aromatic N) is 2. The van der Waals surface area contributed by atoms with Crippen molar-refractivity contribution >= 4 is 17.6 Å². The van der Waals surface area contributed by atoms with Crippen LogP contribution in [0.5, 0.6) is 0 Å². The van der Waals surface area contributed by atoms with Crippen LogP contribution in [0.2, 0.25) is 5.02 Å². The van der Waals surface area contributed by atoms with E-state index in [2.05, 4.69) is 17.1 Å². The van der Waals surface area contributed by atoms with E-state index in [9.17, 15) is 4.79 Å². The number of aromatic nitrogens is 1. The largest absolute Gasteiger partial charge is 0.333 e. The Hall–Kier alpha value is -1.78. The molecule has 1 aromatic heterocycles. The summed E-state index contributed by atoms with van der Waals surface area (Å²) in [6, 6.07) is 10.3. The minimum Gasteiger partial charge on any atom is -0.333 e. The number of benzene rings is 1. The van der Waals surface area contributed by atoms with Crippen LogP contribution in [0.15, 0.2) is 42.7 Å². The fourth-order valence-corrected chi connectivity index (χ4v) is 4.22. The Labute approximate surface area is 147 Å². The molecule has 1 aromatic carbocycles. The molecule has 2 atom stereocenters. The molecule has 1 N–H and O–H groups in total. The fraction of sp³-hybridized carbons (Fsp3) is 0.421. The summed E-state index contributed by atoms with van der Waals surface area (Å²) in [6.45, 7) is 4.57. The third-order valence-corrected chi connectivity index (χ3v) is 5.82. The van der Waals surface area contributed by atoms with Gasteiger partial charge in [0, 0.05) is 29.5 Å². The van der Waals surface area contributed by atoms with Crippen LogP contribution in [-0.4, -0.2) is 40.7 Å². The van der Waals surface area contributed by atoms with Gasteiger partial charge in [-0.1, -0.05) is 23.7 Å². The summed E-state index contributed by atoms with van der Waals surface area (Å²) < 4.78 is 1.65. The average Bonchev–Trinajstić information content (AvgIpc) is 3.09. The first-order valence-electron chi connectivity index (χ1n) is 8.61. The summed E-state index contributed by atoms with van der Waals surface area (Å²) in [5.41, 5.74) is 2.07. The smallest absolute Gasteiger partial charge is 0.325 e. The summed E-state index contributed by atoms with van der Waals surface area (Å²) in [5, 5.41) is 3.97. The first-order chi connectivity index (χ1) is 11.6. The van der Waals surface area contributed by atoms with Crippen LogP contribution in [0.25, 0.3) is 11.1 Å². The van der Waals surface area contributed by atoms with E-state index < -0.39 is 0 Å². The highest BCUT2D eigenvalue weighted by atomic mass is 35.5. The number of rotatable bonds is 2. The quantitative estimate of drug-likeness (QED) is 0.899. The zero-order valence-corrected chi connectivity index (χ0v) is 14.5. The molecule has 0 unspecified atom stereocenters. The predicted octanol–water partition coefficient (Wildman–Crippen LogP) is 3.85. The molecule has 4 heterocycles. The molecular formula is C19H22ClN3O. The van der Waals surface area contributed by atoms with Crippen LogP contribution >= 0.6 is 11.6 Å². The van der Waals surface area contributed by atoms with Gasteiger partial charge >= 0.3 is 6.03 Å². The number of hydrogen-bond acceptors (Lipinski definition) is 2. The highest BCUT2D eigenvalue weighted by Gasteiger charge is 2.40. The Morgan fingerprint density at radius 3 is 2.50 bits per heavy atom. The van der Waals surface area contributed by atoms with Gasteiger partial charge in [-0.05, 0) is 68.1 Å². The maximum Gasteiger partial charge on any atom is 0.325 e. The van der Waals surface area contributed by atoms with Crippen molar-refractivity contribution in [3.8, 4) is 11.1 Å². The van der Waals surface area contributed by atoms with Crippen molar-refractivity contribution in [2.45, 2.75) is 31.8 Å². The Kier molecular flexibility index (Phi) is 4.10. The van der Waals surface area contributed by atoms with Gasteiger partial charge in [-0.3, -0.25) is 9.47 Å². The van der Waals surface area contributed by atoms with Crippen molar-refractivity contribution < 1.29 is 4.79 Å². The summed E-state index contributed by atoms with van der Waals surface area (Å²) in [5.74, 6) is 0.611. The number of amides is 1. The topological polar surface area (TPSA) is 37.3 Å². The van der Waals surface area contributed by atoms with E-state index in [0.29, 0.717) is 17.0 Å². The van der Waals surface area contributed by atoms with Crippen LogP contribution in [0.3, 0.4) is 0 Å². The predicted molar refractivity (Wildman–Crippen MR) is 96.4 cm³/mol. The van der Waals surface area contributed by atoms with E-state index in [1.165, 1.54) is 25.9 Å². The van der Waals surface area contributed by atoms with Crippen LogP contribution < -0.4 is 5.32 Å². The van der Waals surface area contributed by atoms with Crippen molar-refractivity contribution in [3.05, 3.63) is 47.7 Å². The molecule has 126 valence electrons.